The number of hydrogen-bond acceptors (Lipinski definition) is 4. The first kappa shape index (κ1) is 11.8. The highest BCUT2D eigenvalue weighted by Gasteiger charge is 2.19. The summed E-state index contributed by atoms with van der Waals surface area (Å²) >= 11 is 0. The first-order valence-corrected chi connectivity index (χ1v) is 6.61. The van der Waals surface area contributed by atoms with E-state index in [1.165, 1.54) is 0 Å². The van der Waals surface area contributed by atoms with E-state index in [0.29, 0.717) is 23.5 Å². The molecule has 0 spiro atoms. The van der Waals surface area contributed by atoms with Crippen molar-refractivity contribution >= 4 is 34.5 Å². The standard InChI is InChI=1S/C16H11N3O2/c20-14-8-10(11-4-1-2-5-12(11)18-14)9-15-19-13-6-3-7-17-16(13)21-15/h1-7,9H,8H2,(H,18,20). The number of pyridine rings is 1. The van der Waals surface area contributed by atoms with Crippen LogP contribution < -0.4 is 5.32 Å². The third-order valence-electron chi connectivity index (χ3n) is 3.38. The first-order chi connectivity index (χ1) is 10.3. The molecule has 0 aliphatic carbocycles. The molecule has 5 heteroatoms. The number of amides is 1. The van der Waals surface area contributed by atoms with Crippen molar-refractivity contribution < 1.29 is 9.21 Å². The topological polar surface area (TPSA) is 68.0 Å². The Labute approximate surface area is 120 Å². The maximum Gasteiger partial charge on any atom is 0.247 e. The molecule has 0 unspecified atom stereocenters. The molecular formula is C16H11N3O2. The minimum atomic E-state index is -0.0332. The molecule has 3 heterocycles. The van der Waals surface area contributed by atoms with Gasteiger partial charge in [-0.2, -0.15) is 0 Å². The molecule has 0 saturated carbocycles. The second-order valence-electron chi connectivity index (χ2n) is 4.82. The van der Waals surface area contributed by atoms with Crippen molar-refractivity contribution in [2.45, 2.75) is 6.42 Å². The summed E-state index contributed by atoms with van der Waals surface area (Å²) in [7, 11) is 0. The zero-order valence-corrected chi connectivity index (χ0v) is 11.0. The predicted octanol–water partition coefficient (Wildman–Crippen LogP) is 3.11. The number of oxazole rings is 1. The highest BCUT2D eigenvalue weighted by atomic mass is 16.4. The van der Waals surface area contributed by atoms with Crippen molar-refractivity contribution in [2.24, 2.45) is 0 Å². The summed E-state index contributed by atoms with van der Waals surface area (Å²) in [5, 5.41) is 2.86. The Hall–Kier alpha value is -2.95. The molecule has 4 rings (SSSR count). The van der Waals surface area contributed by atoms with E-state index in [4.69, 9.17) is 4.42 Å². The van der Waals surface area contributed by atoms with Crippen LogP contribution in [0.3, 0.4) is 0 Å². The molecule has 5 nitrogen and oxygen atoms in total. The van der Waals surface area contributed by atoms with E-state index >= 15 is 0 Å². The van der Waals surface area contributed by atoms with Gasteiger partial charge in [0.05, 0.1) is 6.42 Å². The average Bonchev–Trinajstić information content (AvgIpc) is 2.89. The van der Waals surface area contributed by atoms with Crippen molar-refractivity contribution in [2.75, 3.05) is 5.32 Å². The summed E-state index contributed by atoms with van der Waals surface area (Å²) in [6.45, 7) is 0. The lowest BCUT2D eigenvalue weighted by molar-refractivity contribution is -0.115. The van der Waals surface area contributed by atoms with Gasteiger partial charge in [-0.15, -0.1) is 0 Å². The monoisotopic (exact) mass is 277 g/mol. The molecule has 1 aliphatic heterocycles. The second-order valence-corrected chi connectivity index (χ2v) is 4.82. The van der Waals surface area contributed by atoms with E-state index < -0.39 is 0 Å². The number of fused-ring (bicyclic) bond motifs is 2. The Kier molecular flexibility index (Phi) is 2.57. The molecule has 21 heavy (non-hydrogen) atoms. The van der Waals surface area contributed by atoms with Gasteiger partial charge in [0.15, 0.2) is 0 Å². The van der Waals surface area contributed by atoms with Gasteiger partial charge in [-0.1, -0.05) is 18.2 Å². The third kappa shape index (κ3) is 2.08. The van der Waals surface area contributed by atoms with Crippen LogP contribution in [0.4, 0.5) is 5.69 Å². The molecule has 1 amide bonds. The number of nitrogens with one attached hydrogen (secondary N) is 1. The smallest absolute Gasteiger partial charge is 0.247 e. The van der Waals surface area contributed by atoms with Gasteiger partial charge < -0.3 is 9.73 Å². The fourth-order valence-corrected chi connectivity index (χ4v) is 2.46. The number of rotatable bonds is 1. The van der Waals surface area contributed by atoms with E-state index in [1.54, 1.807) is 12.3 Å². The first-order valence-electron chi connectivity index (χ1n) is 6.61. The molecule has 3 aromatic rings. The molecule has 102 valence electrons. The van der Waals surface area contributed by atoms with Crippen molar-refractivity contribution in [3.8, 4) is 0 Å². The minimum Gasteiger partial charge on any atom is -0.418 e. The van der Waals surface area contributed by atoms with Crippen molar-refractivity contribution in [3.63, 3.8) is 0 Å². The SMILES string of the molecule is O=C1CC(=Cc2nc3cccnc3o2)c2ccccc2N1. The summed E-state index contributed by atoms with van der Waals surface area (Å²) in [4.78, 5) is 20.3. The minimum absolute atomic E-state index is 0.0332. The van der Waals surface area contributed by atoms with E-state index in [9.17, 15) is 4.79 Å². The van der Waals surface area contributed by atoms with Crippen molar-refractivity contribution in [1.82, 2.24) is 9.97 Å². The Bertz CT molecular complexity index is 847. The Morgan fingerprint density at radius 2 is 2.10 bits per heavy atom. The van der Waals surface area contributed by atoms with Crippen molar-refractivity contribution in [3.05, 3.63) is 54.0 Å². The van der Waals surface area contributed by atoms with Gasteiger partial charge >= 0.3 is 0 Å². The van der Waals surface area contributed by atoms with Gasteiger partial charge in [0.2, 0.25) is 17.5 Å². The molecule has 1 aliphatic rings. The van der Waals surface area contributed by atoms with Crippen LogP contribution in [0.15, 0.2) is 47.0 Å². The molecular weight excluding hydrogens is 266 g/mol. The zero-order chi connectivity index (χ0) is 14.2. The predicted molar refractivity (Wildman–Crippen MR) is 79.4 cm³/mol. The summed E-state index contributed by atoms with van der Waals surface area (Å²) in [6, 6.07) is 11.3. The number of benzene rings is 1. The van der Waals surface area contributed by atoms with Gasteiger partial charge in [-0.05, 0) is 23.8 Å². The van der Waals surface area contributed by atoms with E-state index in [0.717, 1.165) is 16.8 Å². The lowest BCUT2D eigenvalue weighted by Gasteiger charge is -2.18. The highest BCUT2D eigenvalue weighted by molar-refractivity contribution is 6.07. The number of hydrogen-bond donors (Lipinski definition) is 1. The molecule has 0 atom stereocenters. The van der Waals surface area contributed by atoms with Gasteiger partial charge in [0.1, 0.15) is 5.52 Å². The molecule has 1 N–H and O–H groups in total. The number of anilines is 1. The number of para-hydroxylation sites is 1. The van der Waals surface area contributed by atoms with Gasteiger partial charge in [0, 0.05) is 23.5 Å². The summed E-state index contributed by atoms with van der Waals surface area (Å²) in [5.41, 5.74) is 3.90. The number of carbonyl (C=O) groups excluding carboxylic acids is 1. The van der Waals surface area contributed by atoms with Crippen LogP contribution in [0.25, 0.3) is 22.9 Å². The quantitative estimate of drug-likeness (QED) is 0.742. The van der Waals surface area contributed by atoms with Crippen LogP contribution in [0, 0.1) is 0 Å². The maximum atomic E-state index is 11.8. The normalized spacial score (nSPS) is 16.0. The van der Waals surface area contributed by atoms with Crippen LogP contribution in [0.5, 0.6) is 0 Å². The van der Waals surface area contributed by atoms with Crippen LogP contribution in [0.1, 0.15) is 17.9 Å². The summed E-state index contributed by atoms with van der Waals surface area (Å²) in [6.07, 6.45) is 3.77. The zero-order valence-electron chi connectivity index (χ0n) is 11.0. The molecule has 0 fully saturated rings. The molecule has 0 bridgehead atoms. The van der Waals surface area contributed by atoms with Crippen LogP contribution in [0.2, 0.25) is 0 Å². The fraction of sp³-hybridized carbons (Fsp3) is 0.0625. The number of nitrogens with zero attached hydrogens (tertiary/aromatic N) is 2. The summed E-state index contributed by atoms with van der Waals surface area (Å²) < 4.78 is 5.59. The average molecular weight is 277 g/mol. The lowest BCUT2D eigenvalue weighted by Crippen LogP contribution is -2.18. The largest absolute Gasteiger partial charge is 0.418 e. The van der Waals surface area contributed by atoms with Crippen LogP contribution in [-0.2, 0) is 4.79 Å². The number of aromatic nitrogens is 2. The Morgan fingerprint density at radius 1 is 1.19 bits per heavy atom. The van der Waals surface area contributed by atoms with Gasteiger partial charge in [-0.3, -0.25) is 4.79 Å². The number of carbonyl (C=O) groups is 1. The fourth-order valence-electron chi connectivity index (χ4n) is 2.46. The Balaban J connectivity index is 1.83. The summed E-state index contributed by atoms with van der Waals surface area (Å²) in [5.74, 6) is 0.428. The third-order valence-corrected chi connectivity index (χ3v) is 3.38. The van der Waals surface area contributed by atoms with E-state index in [-0.39, 0.29) is 5.91 Å². The van der Waals surface area contributed by atoms with Gasteiger partial charge in [0.25, 0.3) is 0 Å². The van der Waals surface area contributed by atoms with Crippen LogP contribution in [-0.4, -0.2) is 15.9 Å². The van der Waals surface area contributed by atoms with Crippen LogP contribution >= 0.6 is 0 Å². The van der Waals surface area contributed by atoms with E-state index in [2.05, 4.69) is 15.3 Å². The highest BCUT2D eigenvalue weighted by Crippen LogP contribution is 2.32. The molecule has 0 radical (unpaired) electrons. The molecule has 2 aromatic heterocycles. The molecule has 1 aromatic carbocycles. The van der Waals surface area contributed by atoms with E-state index in [1.807, 2.05) is 36.4 Å². The second kappa shape index (κ2) is 4.56. The maximum absolute atomic E-state index is 11.8. The Morgan fingerprint density at radius 3 is 3.00 bits per heavy atom. The van der Waals surface area contributed by atoms with Crippen molar-refractivity contribution in [1.29, 1.82) is 0 Å². The molecule has 0 saturated heterocycles. The lowest BCUT2D eigenvalue weighted by atomic mass is 9.96. The van der Waals surface area contributed by atoms with Gasteiger partial charge in [-0.25, -0.2) is 9.97 Å².